The maximum Gasteiger partial charge on any atom is 0.165 e. The van der Waals surface area contributed by atoms with E-state index in [1.54, 1.807) is 19.2 Å². The van der Waals surface area contributed by atoms with E-state index in [2.05, 4.69) is 65.8 Å². The zero-order chi connectivity index (χ0) is 28.1. The largest absolute Gasteiger partial charge is 0.496 e. The van der Waals surface area contributed by atoms with Crippen molar-refractivity contribution in [1.82, 2.24) is 24.8 Å². The molecule has 2 aromatic carbocycles. The SMILES string of the molecule is CCc1cc(NCCNC2CCN(Cc3ccccc3)CC2)n2nc(CC)c(-c3c(Cl)cc(Cl)cc3OC)c2n1. The molecule has 7 nitrogen and oxygen atoms in total. The molecular weight excluding hydrogens is 543 g/mol. The number of nitrogens with zero attached hydrogens (tertiary/aromatic N) is 4. The van der Waals surface area contributed by atoms with E-state index in [1.165, 1.54) is 18.4 Å². The van der Waals surface area contributed by atoms with Gasteiger partial charge in [0.2, 0.25) is 0 Å². The van der Waals surface area contributed by atoms with Gasteiger partial charge >= 0.3 is 0 Å². The van der Waals surface area contributed by atoms with Crippen LogP contribution in [0.4, 0.5) is 5.82 Å². The van der Waals surface area contributed by atoms with Crippen LogP contribution in [0.2, 0.25) is 10.0 Å². The van der Waals surface area contributed by atoms with Crippen LogP contribution in [0.3, 0.4) is 0 Å². The fourth-order valence-corrected chi connectivity index (χ4v) is 6.05. The van der Waals surface area contributed by atoms with Crippen molar-refractivity contribution in [2.24, 2.45) is 0 Å². The Morgan fingerprint density at radius 2 is 1.75 bits per heavy atom. The summed E-state index contributed by atoms with van der Waals surface area (Å²) in [4.78, 5) is 7.52. The van der Waals surface area contributed by atoms with E-state index in [1.807, 2.05) is 4.52 Å². The topological polar surface area (TPSA) is 66.7 Å². The lowest BCUT2D eigenvalue weighted by atomic mass is 10.0. The first-order valence-corrected chi connectivity index (χ1v) is 14.9. The number of likely N-dealkylation sites (tertiary alicyclic amines) is 1. The van der Waals surface area contributed by atoms with E-state index >= 15 is 0 Å². The Bertz CT molecular complexity index is 1430. The summed E-state index contributed by atoms with van der Waals surface area (Å²) in [5.41, 5.74) is 5.71. The number of benzene rings is 2. The van der Waals surface area contributed by atoms with Gasteiger partial charge in [-0.05, 0) is 56.5 Å². The molecule has 0 aliphatic carbocycles. The van der Waals surface area contributed by atoms with Crippen LogP contribution < -0.4 is 15.4 Å². The summed E-state index contributed by atoms with van der Waals surface area (Å²) in [6.07, 6.45) is 3.87. The second-order valence-electron chi connectivity index (χ2n) is 10.3. The van der Waals surface area contributed by atoms with E-state index < -0.39 is 0 Å². The Morgan fingerprint density at radius 3 is 2.45 bits per heavy atom. The van der Waals surface area contributed by atoms with Gasteiger partial charge in [0.15, 0.2) is 5.65 Å². The minimum atomic E-state index is 0.520. The molecule has 9 heteroatoms. The molecule has 0 bridgehead atoms. The maximum absolute atomic E-state index is 6.72. The quantitative estimate of drug-likeness (QED) is 0.197. The molecular formula is C31H38Cl2N6O. The van der Waals surface area contributed by atoms with Crippen LogP contribution in [-0.2, 0) is 19.4 Å². The van der Waals surface area contributed by atoms with Gasteiger partial charge in [-0.3, -0.25) is 4.90 Å². The fourth-order valence-electron chi connectivity index (χ4n) is 5.48. The first kappa shape index (κ1) is 28.7. The molecule has 0 radical (unpaired) electrons. The second-order valence-corrected chi connectivity index (χ2v) is 11.1. The Hall–Kier alpha value is -2.84. The normalized spacial score (nSPS) is 14.6. The molecule has 5 rings (SSSR count). The van der Waals surface area contributed by atoms with E-state index in [-0.39, 0.29) is 0 Å². The number of aromatic nitrogens is 3. The highest BCUT2D eigenvalue weighted by Gasteiger charge is 2.24. The number of anilines is 1. The molecule has 1 aliphatic heterocycles. The number of rotatable bonds is 11. The monoisotopic (exact) mass is 580 g/mol. The Kier molecular flexibility index (Phi) is 9.48. The van der Waals surface area contributed by atoms with Crippen molar-refractivity contribution in [3.63, 3.8) is 0 Å². The first-order chi connectivity index (χ1) is 19.5. The molecule has 1 fully saturated rings. The number of hydrogen-bond donors (Lipinski definition) is 2. The maximum atomic E-state index is 6.72. The molecule has 4 aromatic rings. The third-order valence-corrected chi connectivity index (χ3v) is 8.12. The number of halogens is 2. The number of aryl methyl sites for hydroxylation is 2. The number of piperidine rings is 1. The lowest BCUT2D eigenvalue weighted by Crippen LogP contribution is -2.43. The highest BCUT2D eigenvalue weighted by Crippen LogP contribution is 2.42. The summed E-state index contributed by atoms with van der Waals surface area (Å²) in [6.45, 7) is 9.14. The molecule has 0 saturated carbocycles. The Morgan fingerprint density at radius 1 is 0.975 bits per heavy atom. The van der Waals surface area contributed by atoms with E-state index in [9.17, 15) is 0 Å². The van der Waals surface area contributed by atoms with Gasteiger partial charge in [-0.25, -0.2) is 4.98 Å². The van der Waals surface area contributed by atoms with Crippen molar-refractivity contribution < 1.29 is 4.74 Å². The van der Waals surface area contributed by atoms with Crippen LogP contribution >= 0.6 is 23.2 Å². The molecule has 0 atom stereocenters. The average Bonchev–Trinajstić information content (AvgIpc) is 3.34. The molecule has 40 heavy (non-hydrogen) atoms. The van der Waals surface area contributed by atoms with Gasteiger partial charge in [-0.15, -0.1) is 0 Å². The zero-order valence-electron chi connectivity index (χ0n) is 23.5. The van der Waals surface area contributed by atoms with Crippen molar-refractivity contribution in [3.05, 3.63) is 75.5 Å². The van der Waals surface area contributed by atoms with Gasteiger partial charge in [-0.2, -0.15) is 9.61 Å². The van der Waals surface area contributed by atoms with Crippen LogP contribution in [0.1, 0.15) is 43.6 Å². The summed E-state index contributed by atoms with van der Waals surface area (Å²) in [7, 11) is 1.63. The molecule has 212 valence electrons. The van der Waals surface area contributed by atoms with Crippen molar-refractivity contribution in [3.8, 4) is 16.9 Å². The van der Waals surface area contributed by atoms with Crippen molar-refractivity contribution in [2.75, 3.05) is 38.6 Å². The number of ether oxygens (including phenoxy) is 1. The number of nitrogens with one attached hydrogen (secondary N) is 2. The van der Waals surface area contributed by atoms with Crippen LogP contribution in [0.25, 0.3) is 16.8 Å². The van der Waals surface area contributed by atoms with Crippen molar-refractivity contribution >= 4 is 34.7 Å². The van der Waals surface area contributed by atoms with E-state index in [0.717, 1.165) is 79.5 Å². The van der Waals surface area contributed by atoms with Crippen LogP contribution in [0, 0.1) is 0 Å². The van der Waals surface area contributed by atoms with Gasteiger partial charge in [0.25, 0.3) is 0 Å². The molecule has 1 saturated heterocycles. The molecule has 2 aromatic heterocycles. The fraction of sp³-hybridized carbons (Fsp3) is 0.419. The van der Waals surface area contributed by atoms with Gasteiger partial charge in [0.05, 0.1) is 23.4 Å². The highest BCUT2D eigenvalue weighted by atomic mass is 35.5. The number of hydrogen-bond acceptors (Lipinski definition) is 6. The molecule has 2 N–H and O–H groups in total. The summed E-state index contributed by atoms with van der Waals surface area (Å²) in [5.74, 6) is 1.53. The zero-order valence-corrected chi connectivity index (χ0v) is 25.0. The lowest BCUT2D eigenvalue weighted by molar-refractivity contribution is 0.191. The number of methoxy groups -OCH3 is 1. The smallest absolute Gasteiger partial charge is 0.165 e. The van der Waals surface area contributed by atoms with Gasteiger partial charge in [0, 0.05) is 48.0 Å². The van der Waals surface area contributed by atoms with Crippen LogP contribution in [0.15, 0.2) is 48.5 Å². The lowest BCUT2D eigenvalue weighted by Gasteiger charge is -2.32. The minimum Gasteiger partial charge on any atom is -0.496 e. The molecule has 0 spiro atoms. The summed E-state index contributed by atoms with van der Waals surface area (Å²) in [5, 5.41) is 13.4. The van der Waals surface area contributed by atoms with Crippen LogP contribution in [0.5, 0.6) is 5.75 Å². The third kappa shape index (κ3) is 6.39. The summed E-state index contributed by atoms with van der Waals surface area (Å²) in [6, 6.07) is 16.9. The predicted molar refractivity (Wildman–Crippen MR) is 165 cm³/mol. The minimum absolute atomic E-state index is 0.520. The second kappa shape index (κ2) is 13.2. The standard InChI is InChI=1S/C31H38Cl2N6O/c1-4-23-19-28(35-14-13-34-24-11-15-38(16-12-24)20-21-9-7-6-8-10-21)39-31(36-23)30(26(5-2)37-39)29-25(33)17-22(32)18-27(29)40-3/h6-10,17-19,24,34-35H,4-5,11-16,20H2,1-3H3. The third-order valence-electron chi connectivity index (χ3n) is 7.60. The molecule has 0 amide bonds. The molecule has 0 unspecified atom stereocenters. The predicted octanol–water partition coefficient (Wildman–Crippen LogP) is 6.50. The molecule has 1 aliphatic rings. The van der Waals surface area contributed by atoms with Gasteiger partial charge in [-0.1, -0.05) is 67.4 Å². The molecule has 3 heterocycles. The first-order valence-electron chi connectivity index (χ1n) is 14.2. The van der Waals surface area contributed by atoms with Crippen molar-refractivity contribution in [1.29, 1.82) is 0 Å². The highest BCUT2D eigenvalue weighted by molar-refractivity contribution is 6.37. The van der Waals surface area contributed by atoms with Crippen molar-refractivity contribution in [2.45, 2.75) is 52.1 Å². The number of fused-ring (bicyclic) bond motifs is 1. The average molecular weight is 582 g/mol. The Balaban J connectivity index is 1.28. The summed E-state index contributed by atoms with van der Waals surface area (Å²) >= 11 is 13.0. The Labute approximate surface area is 246 Å². The van der Waals surface area contributed by atoms with Gasteiger partial charge < -0.3 is 15.4 Å². The van der Waals surface area contributed by atoms with E-state index in [0.29, 0.717) is 21.8 Å². The van der Waals surface area contributed by atoms with Gasteiger partial charge in [0.1, 0.15) is 11.6 Å². The van der Waals surface area contributed by atoms with E-state index in [4.69, 9.17) is 38.0 Å². The summed E-state index contributed by atoms with van der Waals surface area (Å²) < 4.78 is 7.58. The van der Waals surface area contributed by atoms with Crippen LogP contribution in [-0.4, -0.2) is 58.8 Å².